The maximum absolute atomic E-state index is 5.40. The summed E-state index contributed by atoms with van der Waals surface area (Å²) in [4.78, 5) is 7.03. The summed E-state index contributed by atoms with van der Waals surface area (Å²) in [6, 6.07) is 4.21. The van der Waals surface area contributed by atoms with Gasteiger partial charge in [0.05, 0.1) is 13.2 Å². The van der Waals surface area contributed by atoms with E-state index in [1.165, 1.54) is 10.9 Å². The summed E-state index contributed by atoms with van der Waals surface area (Å²) in [7, 11) is 0. The third-order valence-corrected chi connectivity index (χ3v) is 4.05. The van der Waals surface area contributed by atoms with Gasteiger partial charge in [0.1, 0.15) is 5.65 Å². The van der Waals surface area contributed by atoms with Crippen LogP contribution in [0.2, 0.25) is 0 Å². The van der Waals surface area contributed by atoms with Gasteiger partial charge in [0.25, 0.3) is 0 Å². The van der Waals surface area contributed by atoms with Crippen molar-refractivity contribution in [1.29, 1.82) is 0 Å². The molecular formula is C16H23N3O. The number of rotatable bonds is 4. The maximum Gasteiger partial charge on any atom is 0.140 e. The van der Waals surface area contributed by atoms with Crippen LogP contribution in [0, 0.1) is 0 Å². The van der Waals surface area contributed by atoms with Crippen LogP contribution in [-0.4, -0.2) is 47.3 Å². The molecule has 0 N–H and O–H groups in total. The molecule has 0 bridgehead atoms. The molecule has 0 spiro atoms. The zero-order valence-corrected chi connectivity index (χ0v) is 12.4. The first kappa shape index (κ1) is 13.6. The average molecular weight is 273 g/mol. The molecular weight excluding hydrogens is 250 g/mol. The molecule has 4 heteroatoms. The molecule has 20 heavy (non-hydrogen) atoms. The van der Waals surface area contributed by atoms with Crippen molar-refractivity contribution in [2.24, 2.45) is 0 Å². The molecule has 3 rings (SSSR count). The lowest BCUT2D eigenvalue weighted by Crippen LogP contribution is -2.38. The van der Waals surface area contributed by atoms with Crippen molar-refractivity contribution >= 4 is 11.0 Å². The highest BCUT2D eigenvalue weighted by atomic mass is 16.5. The number of pyridine rings is 1. The number of ether oxygens (including phenoxy) is 1. The summed E-state index contributed by atoms with van der Waals surface area (Å²) in [6.45, 7) is 10.4. The SMILES string of the molecule is CC(C)c1cn(CCN2CCOCC2)c2ncccc12. The number of hydrogen-bond donors (Lipinski definition) is 0. The topological polar surface area (TPSA) is 30.3 Å². The van der Waals surface area contributed by atoms with E-state index < -0.39 is 0 Å². The second-order valence-electron chi connectivity index (χ2n) is 5.76. The minimum atomic E-state index is 0.534. The Hall–Kier alpha value is -1.39. The summed E-state index contributed by atoms with van der Waals surface area (Å²) >= 11 is 0. The van der Waals surface area contributed by atoms with Crippen molar-refractivity contribution < 1.29 is 4.74 Å². The molecule has 1 aliphatic rings. The molecule has 0 aliphatic carbocycles. The molecule has 2 aromatic rings. The molecule has 0 aromatic carbocycles. The van der Waals surface area contributed by atoms with Crippen molar-refractivity contribution in [3.8, 4) is 0 Å². The van der Waals surface area contributed by atoms with Crippen LogP contribution in [-0.2, 0) is 11.3 Å². The van der Waals surface area contributed by atoms with E-state index >= 15 is 0 Å². The molecule has 0 saturated carbocycles. The zero-order valence-electron chi connectivity index (χ0n) is 12.4. The van der Waals surface area contributed by atoms with E-state index in [-0.39, 0.29) is 0 Å². The quantitative estimate of drug-likeness (QED) is 0.857. The summed E-state index contributed by atoms with van der Waals surface area (Å²) in [5.41, 5.74) is 2.51. The maximum atomic E-state index is 5.40. The molecule has 108 valence electrons. The van der Waals surface area contributed by atoms with Crippen molar-refractivity contribution in [2.45, 2.75) is 26.3 Å². The van der Waals surface area contributed by atoms with Crippen molar-refractivity contribution in [3.05, 3.63) is 30.1 Å². The number of aromatic nitrogens is 2. The van der Waals surface area contributed by atoms with E-state index in [2.05, 4.69) is 40.6 Å². The first-order valence-electron chi connectivity index (χ1n) is 7.49. The van der Waals surface area contributed by atoms with Crippen molar-refractivity contribution in [3.63, 3.8) is 0 Å². The van der Waals surface area contributed by atoms with Crippen molar-refractivity contribution in [2.75, 3.05) is 32.8 Å². The van der Waals surface area contributed by atoms with Gasteiger partial charge in [-0.15, -0.1) is 0 Å². The van der Waals surface area contributed by atoms with Gasteiger partial charge in [-0.05, 0) is 23.6 Å². The molecule has 4 nitrogen and oxygen atoms in total. The van der Waals surface area contributed by atoms with E-state index in [0.29, 0.717) is 5.92 Å². The molecule has 1 saturated heterocycles. The van der Waals surface area contributed by atoms with E-state index in [1.807, 2.05) is 12.3 Å². The molecule has 2 aromatic heterocycles. The van der Waals surface area contributed by atoms with Crippen LogP contribution in [0.15, 0.2) is 24.5 Å². The second-order valence-corrected chi connectivity index (χ2v) is 5.76. The molecule has 0 atom stereocenters. The van der Waals surface area contributed by atoms with Gasteiger partial charge < -0.3 is 9.30 Å². The van der Waals surface area contributed by atoms with Gasteiger partial charge in [-0.1, -0.05) is 13.8 Å². The monoisotopic (exact) mass is 273 g/mol. The van der Waals surface area contributed by atoms with E-state index in [1.54, 1.807) is 0 Å². The highest BCUT2D eigenvalue weighted by Crippen LogP contribution is 2.26. The molecule has 1 aliphatic heterocycles. The number of fused-ring (bicyclic) bond motifs is 1. The summed E-state index contributed by atoms with van der Waals surface area (Å²) in [5.74, 6) is 0.534. The Morgan fingerprint density at radius 2 is 2.05 bits per heavy atom. The lowest BCUT2D eigenvalue weighted by atomic mass is 10.0. The van der Waals surface area contributed by atoms with Crippen LogP contribution >= 0.6 is 0 Å². The fraction of sp³-hybridized carbons (Fsp3) is 0.562. The Morgan fingerprint density at radius 3 is 2.80 bits per heavy atom. The molecule has 0 amide bonds. The number of hydrogen-bond acceptors (Lipinski definition) is 3. The van der Waals surface area contributed by atoms with E-state index in [4.69, 9.17) is 4.74 Å². The van der Waals surface area contributed by atoms with Gasteiger partial charge in [-0.2, -0.15) is 0 Å². The number of morpholine rings is 1. The first-order chi connectivity index (χ1) is 9.75. The minimum absolute atomic E-state index is 0.534. The fourth-order valence-electron chi connectivity index (χ4n) is 2.85. The smallest absolute Gasteiger partial charge is 0.140 e. The van der Waals surface area contributed by atoms with Gasteiger partial charge in [-0.25, -0.2) is 4.98 Å². The Balaban J connectivity index is 1.80. The summed E-state index contributed by atoms with van der Waals surface area (Å²) in [6.07, 6.45) is 4.17. The van der Waals surface area contributed by atoms with Crippen LogP contribution in [0.5, 0.6) is 0 Å². The lowest BCUT2D eigenvalue weighted by molar-refractivity contribution is 0.0365. The van der Waals surface area contributed by atoms with Crippen LogP contribution in [0.3, 0.4) is 0 Å². The highest BCUT2D eigenvalue weighted by molar-refractivity contribution is 5.80. The predicted octanol–water partition coefficient (Wildman–Crippen LogP) is 2.49. The highest BCUT2D eigenvalue weighted by Gasteiger charge is 2.14. The third kappa shape index (κ3) is 2.72. The van der Waals surface area contributed by atoms with Crippen LogP contribution < -0.4 is 0 Å². The normalized spacial score (nSPS) is 17.1. The summed E-state index contributed by atoms with van der Waals surface area (Å²) in [5, 5.41) is 1.30. The molecule has 1 fully saturated rings. The standard InChI is InChI=1S/C16H23N3O/c1-13(2)15-12-19(16-14(15)4-3-5-17-16)7-6-18-8-10-20-11-9-18/h3-5,12-13H,6-11H2,1-2H3. The lowest BCUT2D eigenvalue weighted by Gasteiger charge is -2.26. The molecule has 0 unspecified atom stereocenters. The average Bonchev–Trinajstić information content (AvgIpc) is 2.85. The minimum Gasteiger partial charge on any atom is -0.379 e. The Labute approximate surface area is 120 Å². The van der Waals surface area contributed by atoms with Crippen LogP contribution in [0.25, 0.3) is 11.0 Å². The van der Waals surface area contributed by atoms with Gasteiger partial charge in [-0.3, -0.25) is 4.90 Å². The predicted molar refractivity (Wildman–Crippen MR) is 81.1 cm³/mol. The van der Waals surface area contributed by atoms with Gasteiger partial charge in [0, 0.05) is 44.0 Å². The Morgan fingerprint density at radius 1 is 1.25 bits per heavy atom. The summed E-state index contributed by atoms with van der Waals surface area (Å²) < 4.78 is 7.70. The largest absolute Gasteiger partial charge is 0.379 e. The fourth-order valence-corrected chi connectivity index (χ4v) is 2.85. The Kier molecular flexibility index (Phi) is 4.03. The van der Waals surface area contributed by atoms with Crippen LogP contribution in [0.4, 0.5) is 0 Å². The number of nitrogens with zero attached hydrogens (tertiary/aromatic N) is 3. The second kappa shape index (κ2) is 5.94. The van der Waals surface area contributed by atoms with Gasteiger partial charge in [0.2, 0.25) is 0 Å². The van der Waals surface area contributed by atoms with Crippen LogP contribution in [0.1, 0.15) is 25.3 Å². The van der Waals surface area contributed by atoms with Crippen molar-refractivity contribution in [1.82, 2.24) is 14.5 Å². The van der Waals surface area contributed by atoms with E-state index in [9.17, 15) is 0 Å². The third-order valence-electron chi connectivity index (χ3n) is 4.05. The van der Waals surface area contributed by atoms with Gasteiger partial charge >= 0.3 is 0 Å². The zero-order chi connectivity index (χ0) is 13.9. The molecule has 0 radical (unpaired) electrons. The van der Waals surface area contributed by atoms with Gasteiger partial charge in [0.15, 0.2) is 0 Å². The molecule has 3 heterocycles. The Bertz CT molecular complexity index is 570. The first-order valence-corrected chi connectivity index (χ1v) is 7.49. The van der Waals surface area contributed by atoms with E-state index in [0.717, 1.165) is 45.0 Å².